The fourth-order valence-corrected chi connectivity index (χ4v) is 3.09. The van der Waals surface area contributed by atoms with E-state index in [1.807, 2.05) is 6.20 Å². The Kier molecular flexibility index (Phi) is 2.28. The van der Waals surface area contributed by atoms with E-state index in [2.05, 4.69) is 18.0 Å². The number of pyridine rings is 1. The third-order valence-electron chi connectivity index (χ3n) is 4.28. The zero-order chi connectivity index (χ0) is 11.2. The average Bonchev–Trinajstić information content (AvgIpc) is 2.85. The van der Waals surface area contributed by atoms with Crippen molar-refractivity contribution in [1.29, 1.82) is 0 Å². The Morgan fingerprint density at radius 2 is 2.25 bits per heavy atom. The summed E-state index contributed by atoms with van der Waals surface area (Å²) in [5.74, 6) is 0.789. The standard InChI is InChI=1S/C14H19NO/c1-14(3-4-14)8-10-6-11-2-5-15-13(9-16)12(11)7-10/h2,5,10,16H,3-4,6-9H2,1H3. The molecule has 16 heavy (non-hydrogen) atoms. The summed E-state index contributed by atoms with van der Waals surface area (Å²) in [6.07, 6.45) is 8.34. The predicted octanol–water partition coefficient (Wildman–Crippen LogP) is 2.48. The van der Waals surface area contributed by atoms with Gasteiger partial charge in [-0.15, -0.1) is 0 Å². The van der Waals surface area contributed by atoms with Gasteiger partial charge in [-0.3, -0.25) is 4.98 Å². The molecule has 0 amide bonds. The molecule has 3 rings (SSSR count). The molecule has 2 aliphatic carbocycles. The summed E-state index contributed by atoms with van der Waals surface area (Å²) >= 11 is 0. The van der Waals surface area contributed by atoms with Gasteiger partial charge in [0, 0.05) is 6.20 Å². The van der Waals surface area contributed by atoms with Crippen LogP contribution < -0.4 is 0 Å². The normalized spacial score (nSPS) is 25.5. The van der Waals surface area contributed by atoms with Crippen molar-refractivity contribution >= 4 is 0 Å². The van der Waals surface area contributed by atoms with Crippen LogP contribution in [-0.2, 0) is 19.4 Å². The van der Waals surface area contributed by atoms with Crippen molar-refractivity contribution in [2.45, 2.75) is 45.6 Å². The molecule has 86 valence electrons. The lowest BCUT2D eigenvalue weighted by Crippen LogP contribution is -2.07. The summed E-state index contributed by atoms with van der Waals surface area (Å²) < 4.78 is 0. The number of fused-ring (bicyclic) bond motifs is 1. The molecule has 2 heteroatoms. The molecule has 1 N–H and O–H groups in total. The minimum absolute atomic E-state index is 0.0904. The predicted molar refractivity (Wildman–Crippen MR) is 63.0 cm³/mol. The van der Waals surface area contributed by atoms with Crippen LogP contribution in [0.2, 0.25) is 0 Å². The van der Waals surface area contributed by atoms with Crippen LogP contribution in [0.3, 0.4) is 0 Å². The zero-order valence-corrected chi connectivity index (χ0v) is 9.87. The SMILES string of the molecule is CC1(CC2Cc3ccnc(CO)c3C2)CC1. The number of nitrogens with zero attached hydrogens (tertiary/aromatic N) is 1. The molecule has 2 nitrogen and oxygen atoms in total. The van der Waals surface area contributed by atoms with E-state index in [0.717, 1.165) is 18.0 Å². The zero-order valence-electron chi connectivity index (χ0n) is 9.87. The van der Waals surface area contributed by atoms with Gasteiger partial charge in [-0.05, 0) is 60.6 Å². The monoisotopic (exact) mass is 217 g/mol. The summed E-state index contributed by atoms with van der Waals surface area (Å²) in [5.41, 5.74) is 4.30. The molecule has 1 fully saturated rings. The maximum absolute atomic E-state index is 9.27. The Balaban J connectivity index is 1.78. The van der Waals surface area contributed by atoms with Crippen molar-refractivity contribution in [1.82, 2.24) is 4.98 Å². The smallest absolute Gasteiger partial charge is 0.0855 e. The summed E-state index contributed by atoms with van der Waals surface area (Å²) in [4.78, 5) is 4.27. The molecule has 0 bridgehead atoms. The quantitative estimate of drug-likeness (QED) is 0.843. The van der Waals surface area contributed by atoms with Crippen LogP contribution in [0.25, 0.3) is 0 Å². The number of aliphatic hydroxyl groups excluding tert-OH is 1. The molecular formula is C14H19NO. The highest BCUT2D eigenvalue weighted by Crippen LogP contribution is 2.51. The highest BCUT2D eigenvalue weighted by Gasteiger charge is 2.40. The minimum atomic E-state index is 0.0904. The van der Waals surface area contributed by atoms with E-state index in [1.165, 1.54) is 36.8 Å². The van der Waals surface area contributed by atoms with Crippen LogP contribution in [-0.4, -0.2) is 10.1 Å². The molecule has 0 aliphatic heterocycles. The lowest BCUT2D eigenvalue weighted by Gasteiger charge is -2.14. The van der Waals surface area contributed by atoms with Crippen LogP contribution in [0.5, 0.6) is 0 Å². The molecule has 0 radical (unpaired) electrons. The van der Waals surface area contributed by atoms with E-state index in [9.17, 15) is 5.11 Å². The number of hydrogen-bond donors (Lipinski definition) is 1. The van der Waals surface area contributed by atoms with E-state index in [1.54, 1.807) is 0 Å². The molecule has 1 heterocycles. The fraction of sp³-hybridized carbons (Fsp3) is 0.643. The van der Waals surface area contributed by atoms with Crippen molar-refractivity contribution < 1.29 is 5.11 Å². The van der Waals surface area contributed by atoms with E-state index in [-0.39, 0.29) is 6.61 Å². The first-order chi connectivity index (χ1) is 7.70. The van der Waals surface area contributed by atoms with Gasteiger partial charge < -0.3 is 5.11 Å². The second-order valence-corrected chi connectivity index (χ2v) is 5.84. The topological polar surface area (TPSA) is 33.1 Å². The van der Waals surface area contributed by atoms with E-state index in [4.69, 9.17) is 0 Å². The van der Waals surface area contributed by atoms with Crippen molar-refractivity contribution in [2.24, 2.45) is 11.3 Å². The first-order valence-electron chi connectivity index (χ1n) is 6.27. The Bertz CT molecular complexity index is 409. The first kappa shape index (κ1) is 10.3. The molecule has 0 aromatic carbocycles. The third kappa shape index (κ3) is 1.75. The Morgan fingerprint density at radius 3 is 2.94 bits per heavy atom. The maximum atomic E-state index is 9.27. The summed E-state index contributed by atoms with van der Waals surface area (Å²) in [6, 6.07) is 2.13. The Morgan fingerprint density at radius 1 is 1.44 bits per heavy atom. The highest BCUT2D eigenvalue weighted by molar-refractivity contribution is 5.34. The molecule has 1 atom stereocenters. The maximum Gasteiger partial charge on any atom is 0.0855 e. The molecule has 1 saturated carbocycles. The molecule has 0 spiro atoms. The number of rotatable bonds is 3. The van der Waals surface area contributed by atoms with Crippen molar-refractivity contribution in [3.8, 4) is 0 Å². The second-order valence-electron chi connectivity index (χ2n) is 5.84. The largest absolute Gasteiger partial charge is 0.390 e. The van der Waals surface area contributed by atoms with Crippen molar-refractivity contribution in [3.63, 3.8) is 0 Å². The van der Waals surface area contributed by atoms with Crippen LogP contribution in [0.15, 0.2) is 12.3 Å². The Hall–Kier alpha value is -0.890. The summed E-state index contributed by atoms with van der Waals surface area (Å²) in [5, 5.41) is 9.27. The highest BCUT2D eigenvalue weighted by atomic mass is 16.3. The van der Waals surface area contributed by atoms with Crippen molar-refractivity contribution in [3.05, 3.63) is 29.1 Å². The summed E-state index contributed by atoms with van der Waals surface area (Å²) in [7, 11) is 0. The van der Waals surface area contributed by atoms with E-state index >= 15 is 0 Å². The van der Waals surface area contributed by atoms with E-state index < -0.39 is 0 Å². The van der Waals surface area contributed by atoms with Gasteiger partial charge in [0.05, 0.1) is 12.3 Å². The van der Waals surface area contributed by atoms with Gasteiger partial charge in [0.15, 0.2) is 0 Å². The van der Waals surface area contributed by atoms with Gasteiger partial charge in [0.2, 0.25) is 0 Å². The lowest BCUT2D eigenvalue weighted by atomic mass is 9.91. The molecule has 1 aromatic heterocycles. The van der Waals surface area contributed by atoms with Crippen LogP contribution in [0, 0.1) is 11.3 Å². The van der Waals surface area contributed by atoms with Crippen LogP contribution in [0.4, 0.5) is 0 Å². The molecule has 2 aliphatic rings. The molecule has 0 saturated heterocycles. The fourth-order valence-electron chi connectivity index (χ4n) is 3.09. The van der Waals surface area contributed by atoms with Crippen molar-refractivity contribution in [2.75, 3.05) is 0 Å². The molecule has 1 aromatic rings. The van der Waals surface area contributed by atoms with Crippen LogP contribution >= 0.6 is 0 Å². The number of aromatic nitrogens is 1. The first-order valence-corrected chi connectivity index (χ1v) is 6.27. The number of hydrogen-bond acceptors (Lipinski definition) is 2. The lowest BCUT2D eigenvalue weighted by molar-refractivity contribution is 0.275. The number of aliphatic hydroxyl groups is 1. The molecular weight excluding hydrogens is 198 g/mol. The second kappa shape index (κ2) is 3.56. The van der Waals surface area contributed by atoms with Gasteiger partial charge in [-0.1, -0.05) is 6.92 Å². The van der Waals surface area contributed by atoms with Gasteiger partial charge >= 0.3 is 0 Å². The third-order valence-corrected chi connectivity index (χ3v) is 4.28. The average molecular weight is 217 g/mol. The van der Waals surface area contributed by atoms with Gasteiger partial charge in [0.25, 0.3) is 0 Å². The summed E-state index contributed by atoms with van der Waals surface area (Å²) in [6.45, 7) is 2.49. The van der Waals surface area contributed by atoms with E-state index in [0.29, 0.717) is 5.41 Å². The Labute approximate surface area is 96.7 Å². The van der Waals surface area contributed by atoms with Crippen LogP contribution in [0.1, 0.15) is 43.0 Å². The van der Waals surface area contributed by atoms with Gasteiger partial charge in [-0.25, -0.2) is 0 Å². The minimum Gasteiger partial charge on any atom is -0.390 e. The molecule has 1 unspecified atom stereocenters. The van der Waals surface area contributed by atoms with Gasteiger partial charge in [-0.2, -0.15) is 0 Å². The van der Waals surface area contributed by atoms with Gasteiger partial charge in [0.1, 0.15) is 0 Å².